The lowest BCUT2D eigenvalue weighted by molar-refractivity contribution is -0.113. The minimum atomic E-state index is -0.989. The normalized spacial score (nSPS) is 10.8. The van der Waals surface area contributed by atoms with Gasteiger partial charge in [-0.25, -0.2) is 0 Å². The molecule has 0 bridgehead atoms. The van der Waals surface area contributed by atoms with Crippen LogP contribution in [0.15, 0.2) is 12.3 Å². The van der Waals surface area contributed by atoms with Gasteiger partial charge in [-0.05, 0) is 6.92 Å². The molecule has 0 aliphatic rings. The number of carbonyl (C=O) groups is 1. The fourth-order valence-corrected chi connectivity index (χ4v) is 0.430. The van der Waals surface area contributed by atoms with Gasteiger partial charge in [0.15, 0.2) is 10.6 Å². The molecule has 0 saturated heterocycles. The topological polar surface area (TPSA) is 26.3 Å². The van der Waals surface area contributed by atoms with Crippen molar-refractivity contribution in [3.8, 4) is 0 Å². The highest BCUT2D eigenvalue weighted by atomic mass is 35.5. The molecule has 0 aromatic rings. The average Bonchev–Trinajstić information content (AvgIpc) is 1.88. The number of halogens is 2. The van der Waals surface area contributed by atoms with Crippen LogP contribution in [0.25, 0.3) is 0 Å². The molecule has 0 heterocycles. The summed E-state index contributed by atoms with van der Waals surface area (Å²) in [6, 6.07) is 0. The second-order valence-electron chi connectivity index (χ2n) is 1.46. The zero-order chi connectivity index (χ0) is 7.98. The molecular weight excluding hydrogens is 175 g/mol. The first-order chi connectivity index (χ1) is 4.68. The van der Waals surface area contributed by atoms with E-state index in [-0.39, 0.29) is 5.78 Å². The molecule has 0 aliphatic heterocycles. The summed E-state index contributed by atoms with van der Waals surface area (Å²) >= 11 is 10.4. The summed E-state index contributed by atoms with van der Waals surface area (Å²) in [4.78, 5) is 9.60. The van der Waals surface area contributed by atoms with Crippen molar-refractivity contribution in [2.24, 2.45) is 0 Å². The Morgan fingerprint density at radius 1 is 1.70 bits per heavy atom. The van der Waals surface area contributed by atoms with Gasteiger partial charge in [-0.2, -0.15) is 0 Å². The van der Waals surface area contributed by atoms with Crippen LogP contribution in [0.1, 0.15) is 6.92 Å². The Labute approximate surface area is 69.8 Å². The fourth-order valence-electron chi connectivity index (χ4n) is 0.284. The van der Waals surface area contributed by atoms with E-state index >= 15 is 0 Å². The van der Waals surface area contributed by atoms with Crippen LogP contribution in [0.3, 0.4) is 0 Å². The molecule has 0 fully saturated rings. The second kappa shape index (κ2) is 5.57. The molecule has 4 heteroatoms. The van der Waals surface area contributed by atoms with Crippen LogP contribution in [0.5, 0.6) is 0 Å². The Hall–Kier alpha value is -0.210. The highest BCUT2D eigenvalue weighted by Gasteiger charge is 2.05. The van der Waals surface area contributed by atoms with Crippen molar-refractivity contribution in [2.45, 2.75) is 11.8 Å². The standard InChI is InChI=1S/C6H8Cl2O2/c1-2-10-4-3-5(9)6(7)8/h3-4,6H,2H2,1H3. The van der Waals surface area contributed by atoms with Gasteiger partial charge in [-0.15, -0.1) is 0 Å². The molecule has 58 valence electrons. The van der Waals surface area contributed by atoms with Crippen molar-refractivity contribution in [1.82, 2.24) is 0 Å². The van der Waals surface area contributed by atoms with Crippen LogP contribution in [-0.2, 0) is 9.53 Å². The van der Waals surface area contributed by atoms with E-state index in [2.05, 4.69) is 0 Å². The van der Waals surface area contributed by atoms with E-state index in [1.165, 1.54) is 12.3 Å². The van der Waals surface area contributed by atoms with E-state index in [9.17, 15) is 4.79 Å². The summed E-state index contributed by atoms with van der Waals surface area (Å²) in [6.45, 7) is 2.34. The van der Waals surface area contributed by atoms with Crippen molar-refractivity contribution < 1.29 is 9.53 Å². The highest BCUT2D eigenvalue weighted by molar-refractivity contribution is 6.54. The first-order valence-electron chi connectivity index (χ1n) is 2.78. The molecule has 0 N–H and O–H groups in total. The lowest BCUT2D eigenvalue weighted by Gasteiger charge is -1.93. The number of hydrogen-bond donors (Lipinski definition) is 0. The highest BCUT2D eigenvalue weighted by Crippen LogP contribution is 2.03. The predicted octanol–water partition coefficient (Wildman–Crippen LogP) is 1.91. The van der Waals surface area contributed by atoms with E-state index in [4.69, 9.17) is 27.9 Å². The van der Waals surface area contributed by atoms with E-state index in [1.807, 2.05) is 6.92 Å². The summed E-state index contributed by atoms with van der Waals surface area (Å²) < 4.78 is 4.74. The third-order valence-corrected chi connectivity index (χ3v) is 1.14. The summed E-state index contributed by atoms with van der Waals surface area (Å²) in [7, 11) is 0. The SMILES string of the molecule is CCOC=CC(=O)C(Cl)Cl. The Morgan fingerprint density at radius 3 is 2.70 bits per heavy atom. The Bertz CT molecular complexity index is 132. The van der Waals surface area contributed by atoms with Gasteiger partial charge in [0.2, 0.25) is 0 Å². The molecule has 0 amide bonds. The van der Waals surface area contributed by atoms with Crippen LogP contribution in [0.2, 0.25) is 0 Å². The maximum Gasteiger partial charge on any atom is 0.191 e. The lowest BCUT2D eigenvalue weighted by Crippen LogP contribution is -2.02. The summed E-state index contributed by atoms with van der Waals surface area (Å²) in [5.74, 6) is -0.364. The smallest absolute Gasteiger partial charge is 0.191 e. The van der Waals surface area contributed by atoms with Gasteiger partial charge in [0.05, 0.1) is 12.9 Å². The molecule has 10 heavy (non-hydrogen) atoms. The maximum absolute atomic E-state index is 10.6. The number of alkyl halides is 2. The van der Waals surface area contributed by atoms with Gasteiger partial charge >= 0.3 is 0 Å². The largest absolute Gasteiger partial charge is 0.501 e. The van der Waals surface area contributed by atoms with E-state index in [0.717, 1.165) is 0 Å². The third kappa shape index (κ3) is 4.65. The van der Waals surface area contributed by atoms with Crippen LogP contribution in [0.4, 0.5) is 0 Å². The monoisotopic (exact) mass is 182 g/mol. The predicted molar refractivity (Wildman–Crippen MR) is 41.3 cm³/mol. The lowest BCUT2D eigenvalue weighted by atomic mass is 10.4. The van der Waals surface area contributed by atoms with E-state index in [0.29, 0.717) is 6.61 Å². The van der Waals surface area contributed by atoms with E-state index in [1.54, 1.807) is 0 Å². The zero-order valence-corrected chi connectivity index (χ0v) is 7.02. The van der Waals surface area contributed by atoms with Gasteiger partial charge in [0, 0.05) is 6.08 Å². The van der Waals surface area contributed by atoms with Crippen molar-refractivity contribution in [3.63, 3.8) is 0 Å². The van der Waals surface area contributed by atoms with Crippen LogP contribution in [0, 0.1) is 0 Å². The summed E-state index contributed by atoms with van der Waals surface area (Å²) in [6.07, 6.45) is 2.48. The quantitative estimate of drug-likeness (QED) is 0.378. The second-order valence-corrected chi connectivity index (χ2v) is 2.56. The number of ketones is 1. The first-order valence-corrected chi connectivity index (χ1v) is 3.66. The number of allylic oxidation sites excluding steroid dienone is 1. The first kappa shape index (κ1) is 9.79. The van der Waals surface area contributed by atoms with Gasteiger partial charge < -0.3 is 4.74 Å². The van der Waals surface area contributed by atoms with Crippen molar-refractivity contribution >= 4 is 29.0 Å². The zero-order valence-electron chi connectivity index (χ0n) is 5.51. The minimum absolute atomic E-state index is 0.364. The number of rotatable bonds is 4. The van der Waals surface area contributed by atoms with Gasteiger partial charge in [-0.1, -0.05) is 23.2 Å². The number of hydrogen-bond acceptors (Lipinski definition) is 2. The fraction of sp³-hybridized carbons (Fsp3) is 0.500. The van der Waals surface area contributed by atoms with Crippen molar-refractivity contribution in [3.05, 3.63) is 12.3 Å². The van der Waals surface area contributed by atoms with Gasteiger partial charge in [-0.3, -0.25) is 4.79 Å². The molecule has 0 atom stereocenters. The molecule has 0 rings (SSSR count). The summed E-state index contributed by atoms with van der Waals surface area (Å²) in [5, 5.41) is 0. The van der Waals surface area contributed by atoms with Crippen molar-refractivity contribution in [2.75, 3.05) is 6.61 Å². The molecule has 0 saturated carbocycles. The average molecular weight is 183 g/mol. The maximum atomic E-state index is 10.6. The van der Waals surface area contributed by atoms with E-state index < -0.39 is 4.84 Å². The van der Waals surface area contributed by atoms with Crippen LogP contribution < -0.4 is 0 Å². The Morgan fingerprint density at radius 2 is 2.30 bits per heavy atom. The molecule has 2 nitrogen and oxygen atoms in total. The molecule has 0 aromatic carbocycles. The number of ether oxygens (including phenoxy) is 1. The molecule has 0 spiro atoms. The molecule has 0 aliphatic carbocycles. The van der Waals surface area contributed by atoms with Gasteiger partial charge in [0.25, 0.3) is 0 Å². The minimum Gasteiger partial charge on any atom is -0.501 e. The van der Waals surface area contributed by atoms with Crippen LogP contribution >= 0.6 is 23.2 Å². The molecule has 0 aromatic heterocycles. The summed E-state index contributed by atoms with van der Waals surface area (Å²) in [5.41, 5.74) is 0. The molecular formula is C6H8Cl2O2. The van der Waals surface area contributed by atoms with Crippen LogP contribution in [-0.4, -0.2) is 17.2 Å². The number of carbonyl (C=O) groups excluding carboxylic acids is 1. The Balaban J connectivity index is 3.56. The van der Waals surface area contributed by atoms with Crippen molar-refractivity contribution in [1.29, 1.82) is 0 Å². The van der Waals surface area contributed by atoms with Gasteiger partial charge in [0.1, 0.15) is 0 Å². The third-order valence-electron chi connectivity index (χ3n) is 0.710. The Kier molecular flexibility index (Phi) is 5.45. The molecule has 0 unspecified atom stereocenters. The molecule has 0 radical (unpaired) electrons.